The van der Waals surface area contributed by atoms with Crippen LogP contribution in [0.15, 0.2) is 18.2 Å². The van der Waals surface area contributed by atoms with E-state index >= 15 is 0 Å². The van der Waals surface area contributed by atoms with E-state index in [1.807, 2.05) is 0 Å². The lowest BCUT2D eigenvalue weighted by Crippen LogP contribution is -2.25. The molecule has 1 heterocycles. The zero-order valence-electron chi connectivity index (χ0n) is 14.3. The van der Waals surface area contributed by atoms with Crippen molar-refractivity contribution in [2.75, 3.05) is 19.6 Å². The van der Waals surface area contributed by atoms with E-state index in [-0.39, 0.29) is 0 Å². The lowest BCUT2D eigenvalue weighted by Gasteiger charge is -2.24. The molecule has 1 aromatic heterocycles. The van der Waals surface area contributed by atoms with Gasteiger partial charge in [0.1, 0.15) is 0 Å². The molecule has 1 atom stereocenters. The molecule has 0 aliphatic carbocycles. The number of aromatic nitrogens is 1. The highest BCUT2D eigenvalue weighted by Gasteiger charge is 2.13. The molecular weight excluding hydrogens is 258 g/mol. The zero-order chi connectivity index (χ0) is 15.7. The third-order valence-corrected chi connectivity index (χ3v) is 4.31. The van der Waals surface area contributed by atoms with Crippen molar-refractivity contribution in [2.45, 2.75) is 53.5 Å². The molecule has 120 valence electrons. The maximum Gasteiger partial charge on any atom is 0.0547 e. The van der Waals surface area contributed by atoms with E-state index in [9.17, 15) is 0 Å². The van der Waals surface area contributed by atoms with Gasteiger partial charge in [-0.05, 0) is 69.8 Å². The van der Waals surface area contributed by atoms with Gasteiger partial charge in [-0.1, -0.05) is 26.8 Å². The lowest BCUT2D eigenvalue weighted by molar-refractivity contribution is 0.248. The fourth-order valence-electron chi connectivity index (χ4n) is 2.87. The summed E-state index contributed by atoms with van der Waals surface area (Å²) < 4.78 is 0. The minimum atomic E-state index is 0.738. The highest BCUT2D eigenvalue weighted by Crippen LogP contribution is 2.20. The highest BCUT2D eigenvalue weighted by atomic mass is 15.1. The molecule has 1 aromatic rings. The second-order valence-corrected chi connectivity index (χ2v) is 6.36. The van der Waals surface area contributed by atoms with Crippen LogP contribution in [0.3, 0.4) is 0 Å². The smallest absolute Gasteiger partial charge is 0.0547 e. The molecule has 0 spiro atoms. The van der Waals surface area contributed by atoms with Gasteiger partial charge in [-0.3, -0.25) is 9.88 Å². The van der Waals surface area contributed by atoms with Gasteiger partial charge in [-0.2, -0.15) is 0 Å². The summed E-state index contributed by atoms with van der Waals surface area (Å²) in [5, 5.41) is 0. The Morgan fingerprint density at radius 2 is 2.00 bits per heavy atom. The van der Waals surface area contributed by atoms with Crippen molar-refractivity contribution in [3.8, 4) is 0 Å². The summed E-state index contributed by atoms with van der Waals surface area (Å²) >= 11 is 0. The number of hydrogen-bond donors (Lipinski definition) is 1. The second kappa shape index (κ2) is 9.91. The number of aryl methyl sites for hydroxylation is 1. The van der Waals surface area contributed by atoms with Crippen molar-refractivity contribution >= 4 is 0 Å². The van der Waals surface area contributed by atoms with E-state index in [4.69, 9.17) is 5.73 Å². The van der Waals surface area contributed by atoms with E-state index in [0.717, 1.165) is 50.1 Å². The van der Waals surface area contributed by atoms with Gasteiger partial charge in [0.05, 0.1) is 5.69 Å². The van der Waals surface area contributed by atoms with Gasteiger partial charge in [-0.15, -0.1) is 0 Å². The highest BCUT2D eigenvalue weighted by molar-refractivity contribution is 5.09. The summed E-state index contributed by atoms with van der Waals surface area (Å²) in [6.45, 7) is 12.9. The Bertz CT molecular complexity index is 390. The van der Waals surface area contributed by atoms with Gasteiger partial charge in [0.2, 0.25) is 0 Å². The largest absolute Gasteiger partial charge is 0.330 e. The van der Waals surface area contributed by atoms with Gasteiger partial charge < -0.3 is 5.73 Å². The molecule has 0 aliphatic rings. The summed E-state index contributed by atoms with van der Waals surface area (Å²) in [5.41, 5.74) is 8.01. The molecular formula is C18H33N3. The average Bonchev–Trinajstić information content (AvgIpc) is 2.45. The van der Waals surface area contributed by atoms with Crippen LogP contribution >= 0.6 is 0 Å². The molecule has 0 aliphatic heterocycles. The Morgan fingerprint density at radius 1 is 1.24 bits per heavy atom. The van der Waals surface area contributed by atoms with Crippen LogP contribution in [0.5, 0.6) is 0 Å². The summed E-state index contributed by atoms with van der Waals surface area (Å²) in [7, 11) is 0. The molecule has 0 saturated heterocycles. The van der Waals surface area contributed by atoms with Crippen LogP contribution in [-0.2, 0) is 6.54 Å². The number of pyridine rings is 1. The minimum Gasteiger partial charge on any atom is -0.330 e. The Labute approximate surface area is 130 Å². The van der Waals surface area contributed by atoms with E-state index in [0.29, 0.717) is 0 Å². The van der Waals surface area contributed by atoms with Crippen LogP contribution in [0, 0.1) is 18.8 Å². The number of nitrogens with zero attached hydrogens (tertiary/aromatic N) is 2. The monoisotopic (exact) mass is 291 g/mol. The van der Waals surface area contributed by atoms with Gasteiger partial charge in [0.25, 0.3) is 0 Å². The van der Waals surface area contributed by atoms with Crippen molar-refractivity contribution in [2.24, 2.45) is 17.6 Å². The molecule has 0 bridgehead atoms. The summed E-state index contributed by atoms with van der Waals surface area (Å²) in [5.74, 6) is 1.51. The quantitative estimate of drug-likeness (QED) is 0.716. The Balaban J connectivity index is 2.40. The second-order valence-electron chi connectivity index (χ2n) is 6.36. The molecule has 0 saturated carbocycles. The molecule has 3 heteroatoms. The first-order valence-electron chi connectivity index (χ1n) is 8.41. The SMILES string of the molecule is CCN(CCCC(CCN)C(C)C)Cc1cccc(C)n1. The van der Waals surface area contributed by atoms with Gasteiger partial charge >= 0.3 is 0 Å². The normalized spacial score (nSPS) is 13.1. The first-order chi connectivity index (χ1) is 10.1. The van der Waals surface area contributed by atoms with Crippen LogP contribution in [0.1, 0.15) is 51.4 Å². The van der Waals surface area contributed by atoms with Crippen molar-refractivity contribution < 1.29 is 0 Å². The minimum absolute atomic E-state index is 0.738. The predicted octanol–water partition coefficient (Wildman–Crippen LogP) is 3.61. The Kier molecular flexibility index (Phi) is 8.55. The fourth-order valence-corrected chi connectivity index (χ4v) is 2.87. The van der Waals surface area contributed by atoms with Gasteiger partial charge in [-0.25, -0.2) is 0 Å². The molecule has 0 amide bonds. The average molecular weight is 291 g/mol. The first kappa shape index (κ1) is 18.1. The zero-order valence-corrected chi connectivity index (χ0v) is 14.3. The standard InChI is InChI=1S/C18H33N3/c1-5-21(14-18-10-6-8-16(4)20-18)13-7-9-17(11-12-19)15(2)3/h6,8,10,15,17H,5,7,9,11-14,19H2,1-4H3. The summed E-state index contributed by atoms with van der Waals surface area (Å²) in [4.78, 5) is 7.09. The Morgan fingerprint density at radius 3 is 2.57 bits per heavy atom. The molecule has 0 aromatic carbocycles. The topological polar surface area (TPSA) is 42.1 Å². The third kappa shape index (κ3) is 7.05. The molecule has 1 unspecified atom stereocenters. The van der Waals surface area contributed by atoms with Crippen molar-refractivity contribution in [3.63, 3.8) is 0 Å². The van der Waals surface area contributed by atoms with E-state index in [1.54, 1.807) is 0 Å². The van der Waals surface area contributed by atoms with Crippen molar-refractivity contribution in [3.05, 3.63) is 29.6 Å². The Hall–Kier alpha value is -0.930. The maximum atomic E-state index is 5.72. The summed E-state index contributed by atoms with van der Waals surface area (Å²) in [6.07, 6.45) is 3.69. The predicted molar refractivity (Wildman–Crippen MR) is 91.2 cm³/mol. The molecule has 3 nitrogen and oxygen atoms in total. The van der Waals surface area contributed by atoms with E-state index in [2.05, 4.69) is 55.8 Å². The first-order valence-corrected chi connectivity index (χ1v) is 8.41. The maximum absolute atomic E-state index is 5.72. The van der Waals surface area contributed by atoms with Crippen LogP contribution in [-0.4, -0.2) is 29.5 Å². The third-order valence-electron chi connectivity index (χ3n) is 4.31. The molecule has 0 fully saturated rings. The molecule has 0 radical (unpaired) electrons. The number of rotatable bonds is 10. The van der Waals surface area contributed by atoms with E-state index in [1.165, 1.54) is 18.5 Å². The van der Waals surface area contributed by atoms with Crippen LogP contribution < -0.4 is 5.73 Å². The molecule has 1 rings (SSSR count). The van der Waals surface area contributed by atoms with Crippen molar-refractivity contribution in [1.29, 1.82) is 0 Å². The number of nitrogens with two attached hydrogens (primary N) is 1. The summed E-state index contributed by atoms with van der Waals surface area (Å²) in [6, 6.07) is 6.28. The number of hydrogen-bond acceptors (Lipinski definition) is 3. The van der Waals surface area contributed by atoms with Crippen LogP contribution in [0.4, 0.5) is 0 Å². The molecule has 2 N–H and O–H groups in total. The van der Waals surface area contributed by atoms with Gasteiger partial charge in [0, 0.05) is 12.2 Å². The fraction of sp³-hybridized carbons (Fsp3) is 0.722. The van der Waals surface area contributed by atoms with Crippen LogP contribution in [0.2, 0.25) is 0 Å². The van der Waals surface area contributed by atoms with E-state index < -0.39 is 0 Å². The van der Waals surface area contributed by atoms with Crippen LogP contribution in [0.25, 0.3) is 0 Å². The molecule has 21 heavy (non-hydrogen) atoms. The lowest BCUT2D eigenvalue weighted by atomic mass is 9.88. The van der Waals surface area contributed by atoms with Crippen molar-refractivity contribution in [1.82, 2.24) is 9.88 Å². The van der Waals surface area contributed by atoms with Gasteiger partial charge in [0.15, 0.2) is 0 Å².